The minimum atomic E-state index is -2.23. The Morgan fingerprint density at radius 3 is 1.96 bits per heavy atom. The Morgan fingerprint density at radius 1 is 1.07 bits per heavy atom. The van der Waals surface area contributed by atoms with Crippen molar-refractivity contribution in [3.05, 3.63) is 22.3 Å². The molecule has 1 aliphatic carbocycles. The molecule has 27 heavy (non-hydrogen) atoms. The van der Waals surface area contributed by atoms with Crippen LogP contribution in [0.5, 0.6) is 0 Å². The van der Waals surface area contributed by atoms with Crippen LogP contribution in [0.25, 0.3) is 0 Å². The van der Waals surface area contributed by atoms with Gasteiger partial charge in [-0.15, -0.1) is 0 Å². The average Bonchev–Trinajstić information content (AvgIpc) is 2.63. The number of allylic oxidation sites excluding steroid dienone is 2. The zero-order valence-electron chi connectivity index (χ0n) is 19.3. The van der Waals surface area contributed by atoms with E-state index < -0.39 is 24.0 Å². The molecule has 0 radical (unpaired) electrons. The fourth-order valence-corrected chi connectivity index (χ4v) is 19.4. The molecule has 0 bridgehead atoms. The second-order valence-corrected chi connectivity index (χ2v) is 22.8. The Kier molecular flexibility index (Phi) is 11.3. The summed E-state index contributed by atoms with van der Waals surface area (Å²) in [5, 5.41) is 11.0. The van der Waals surface area contributed by atoms with Crippen molar-refractivity contribution in [2.24, 2.45) is 17.8 Å². The Morgan fingerprint density at radius 2 is 1.56 bits per heavy atom. The van der Waals surface area contributed by atoms with Crippen LogP contribution in [0.4, 0.5) is 0 Å². The van der Waals surface area contributed by atoms with Gasteiger partial charge in [-0.2, -0.15) is 0 Å². The van der Waals surface area contributed by atoms with Gasteiger partial charge < -0.3 is 0 Å². The van der Waals surface area contributed by atoms with Crippen LogP contribution in [0.1, 0.15) is 92.9 Å². The standard InChI is InChI=1S/C13H21O.3C4H9.Sn/c1-6-11-7-12(9(2)3)8-13(5,14)10(11)4;3*1-3-4-2;/h1,6,10-12,14H,2,7-8H2,3-5H3;3*1,3-4H2,2H3;/t10-,11-,12-,13-;;;;/m1..../s1. The monoisotopic (exact) mass is 484 g/mol. The maximum absolute atomic E-state index is 11.0. The van der Waals surface area contributed by atoms with E-state index in [0.29, 0.717) is 17.8 Å². The second-order valence-electron chi connectivity index (χ2n) is 9.82. The molecule has 1 nitrogen and oxygen atoms in total. The van der Waals surface area contributed by atoms with Crippen LogP contribution < -0.4 is 0 Å². The maximum atomic E-state index is 11.0. The van der Waals surface area contributed by atoms with Crippen molar-refractivity contribution >= 4 is 18.4 Å². The van der Waals surface area contributed by atoms with Gasteiger partial charge in [0.1, 0.15) is 0 Å². The van der Waals surface area contributed by atoms with Crippen molar-refractivity contribution in [3.8, 4) is 0 Å². The zero-order valence-corrected chi connectivity index (χ0v) is 22.2. The summed E-state index contributed by atoms with van der Waals surface area (Å²) >= 11 is -2.23. The van der Waals surface area contributed by atoms with Crippen LogP contribution in [0.15, 0.2) is 22.3 Å². The van der Waals surface area contributed by atoms with Crippen LogP contribution >= 0.6 is 0 Å². The van der Waals surface area contributed by atoms with Crippen molar-refractivity contribution in [1.82, 2.24) is 0 Å². The molecule has 0 amide bonds. The van der Waals surface area contributed by atoms with E-state index >= 15 is 0 Å². The molecule has 0 aromatic rings. The summed E-state index contributed by atoms with van der Waals surface area (Å²) in [6.07, 6.45) is 12.9. The molecule has 1 fully saturated rings. The third-order valence-electron chi connectivity index (χ3n) is 7.32. The number of unbranched alkanes of at least 4 members (excludes halogenated alkanes) is 3. The van der Waals surface area contributed by atoms with E-state index in [0.717, 1.165) is 6.42 Å². The first-order chi connectivity index (χ1) is 12.7. The molecule has 0 spiro atoms. The van der Waals surface area contributed by atoms with Crippen LogP contribution in [-0.2, 0) is 0 Å². The molecule has 158 valence electrons. The van der Waals surface area contributed by atoms with E-state index in [2.05, 4.69) is 58.3 Å². The Labute approximate surface area is 175 Å². The molecule has 1 saturated carbocycles. The van der Waals surface area contributed by atoms with Gasteiger partial charge in [0.15, 0.2) is 0 Å². The summed E-state index contributed by atoms with van der Waals surface area (Å²) in [5.41, 5.74) is 0.684. The van der Waals surface area contributed by atoms with Gasteiger partial charge in [-0.1, -0.05) is 0 Å². The van der Waals surface area contributed by atoms with Crippen LogP contribution in [-0.4, -0.2) is 29.1 Å². The second kappa shape index (κ2) is 12.1. The molecular weight excluding hydrogens is 435 g/mol. The van der Waals surface area contributed by atoms with E-state index in [4.69, 9.17) is 0 Å². The summed E-state index contributed by atoms with van der Waals surface area (Å²) in [5.74, 6) is 1.32. The summed E-state index contributed by atoms with van der Waals surface area (Å²) < 4.78 is 7.41. The first-order valence-electron chi connectivity index (χ1n) is 11.8. The predicted molar refractivity (Wildman–Crippen MR) is 125 cm³/mol. The normalized spacial score (nSPS) is 29.4. The van der Waals surface area contributed by atoms with E-state index in [-0.39, 0.29) is 0 Å². The number of hydrogen-bond donors (Lipinski definition) is 1. The summed E-state index contributed by atoms with van der Waals surface area (Å²) in [4.78, 5) is 0. The Bertz CT molecular complexity index is 443. The number of rotatable bonds is 12. The average molecular weight is 483 g/mol. The Balaban J connectivity index is 3.06. The van der Waals surface area contributed by atoms with Crippen LogP contribution in [0.2, 0.25) is 13.3 Å². The molecule has 4 atom stereocenters. The molecular formula is C25H48OSn. The van der Waals surface area contributed by atoms with Gasteiger partial charge in [-0.3, -0.25) is 0 Å². The van der Waals surface area contributed by atoms with Gasteiger partial charge in [0.25, 0.3) is 0 Å². The van der Waals surface area contributed by atoms with Crippen LogP contribution in [0, 0.1) is 17.8 Å². The molecule has 0 saturated heterocycles. The molecule has 1 aliphatic rings. The molecule has 0 aliphatic heterocycles. The molecule has 2 heteroatoms. The topological polar surface area (TPSA) is 20.2 Å². The molecule has 0 unspecified atom stereocenters. The Hall–Kier alpha value is 0.239. The van der Waals surface area contributed by atoms with E-state index in [1.54, 1.807) is 0 Å². The molecule has 0 aromatic heterocycles. The zero-order chi connectivity index (χ0) is 20.5. The fourth-order valence-electron chi connectivity index (χ4n) is 4.92. The first kappa shape index (κ1) is 25.3. The van der Waals surface area contributed by atoms with Crippen LogP contribution in [0.3, 0.4) is 0 Å². The predicted octanol–water partition coefficient (Wildman–Crippen LogP) is 7.92. The van der Waals surface area contributed by atoms with Crippen molar-refractivity contribution < 1.29 is 5.11 Å². The van der Waals surface area contributed by atoms with Gasteiger partial charge in [0, 0.05) is 0 Å². The van der Waals surface area contributed by atoms with E-state index in [1.165, 1.54) is 63.8 Å². The van der Waals surface area contributed by atoms with Gasteiger partial charge in [-0.25, -0.2) is 0 Å². The third-order valence-corrected chi connectivity index (χ3v) is 21.4. The van der Waals surface area contributed by atoms with Gasteiger partial charge in [0.05, 0.1) is 0 Å². The molecule has 0 heterocycles. The summed E-state index contributed by atoms with van der Waals surface area (Å²) in [6, 6.07) is 0. The number of hydrogen-bond acceptors (Lipinski definition) is 1. The van der Waals surface area contributed by atoms with Crippen molar-refractivity contribution in [1.29, 1.82) is 0 Å². The minimum absolute atomic E-state index is 0.344. The van der Waals surface area contributed by atoms with Crippen molar-refractivity contribution in [2.45, 2.75) is 112 Å². The number of aliphatic hydroxyl groups is 1. The van der Waals surface area contributed by atoms with Crippen molar-refractivity contribution in [2.75, 3.05) is 0 Å². The summed E-state index contributed by atoms with van der Waals surface area (Å²) in [6.45, 7) is 17.7. The van der Waals surface area contributed by atoms with Gasteiger partial charge in [0.2, 0.25) is 0 Å². The van der Waals surface area contributed by atoms with E-state index in [1.807, 2.05) is 0 Å². The van der Waals surface area contributed by atoms with Gasteiger partial charge >= 0.3 is 175 Å². The first-order valence-corrected chi connectivity index (χ1v) is 19.5. The summed E-state index contributed by atoms with van der Waals surface area (Å²) in [7, 11) is 0. The van der Waals surface area contributed by atoms with Gasteiger partial charge in [-0.05, 0) is 0 Å². The van der Waals surface area contributed by atoms with E-state index in [9.17, 15) is 5.11 Å². The molecule has 1 rings (SSSR count). The molecule has 1 N–H and O–H groups in total. The third kappa shape index (κ3) is 7.88. The van der Waals surface area contributed by atoms with Crippen molar-refractivity contribution in [3.63, 3.8) is 0 Å². The fraction of sp³-hybridized carbons (Fsp3) is 0.840. The quantitative estimate of drug-likeness (QED) is 0.221. The SMILES string of the molecule is C=C(C)[C@@H]1C[C@@H](/C=[CH]\[Sn]([CH2]CCC)([CH2]CCC)[CH2]CCC)[C@@H](C)[C@](C)(O)C1. The molecule has 0 aromatic carbocycles.